The molecule has 3 aromatic rings. The van der Waals surface area contributed by atoms with Crippen molar-refractivity contribution in [3.63, 3.8) is 0 Å². The number of nitrogens with zero attached hydrogens (tertiary/aromatic N) is 4. The van der Waals surface area contributed by atoms with E-state index in [-0.39, 0.29) is 0 Å². The lowest BCUT2D eigenvalue weighted by atomic mass is 10.2. The SMILES string of the molecule is CCCn1nnnc1NCc1cc(Br)c(OCc2ccccc2)c(Br)c1. The van der Waals surface area contributed by atoms with Crippen LogP contribution in [-0.2, 0) is 19.7 Å². The molecule has 136 valence electrons. The Bertz CT molecular complexity index is 831. The minimum atomic E-state index is 0.515. The van der Waals surface area contributed by atoms with Gasteiger partial charge in [-0.1, -0.05) is 42.4 Å². The molecule has 0 saturated carbocycles. The maximum absolute atomic E-state index is 5.96. The average Bonchev–Trinajstić information content (AvgIpc) is 3.08. The van der Waals surface area contributed by atoms with Crippen LogP contribution in [0.5, 0.6) is 5.75 Å². The van der Waals surface area contributed by atoms with Crippen LogP contribution in [0.2, 0.25) is 0 Å². The first kappa shape index (κ1) is 18.8. The van der Waals surface area contributed by atoms with E-state index >= 15 is 0 Å². The summed E-state index contributed by atoms with van der Waals surface area (Å²) in [4.78, 5) is 0. The van der Waals surface area contributed by atoms with Gasteiger partial charge in [-0.25, -0.2) is 4.68 Å². The second kappa shape index (κ2) is 9.14. The number of benzene rings is 2. The summed E-state index contributed by atoms with van der Waals surface area (Å²) in [7, 11) is 0. The fraction of sp³-hybridized carbons (Fsp3) is 0.278. The smallest absolute Gasteiger partial charge is 0.243 e. The topological polar surface area (TPSA) is 64.9 Å². The third-order valence-electron chi connectivity index (χ3n) is 3.70. The predicted octanol–water partition coefficient (Wildman–Crippen LogP) is 4.80. The molecule has 1 N–H and O–H groups in total. The highest BCUT2D eigenvalue weighted by Gasteiger charge is 2.11. The van der Waals surface area contributed by atoms with Crippen LogP contribution in [0.4, 0.5) is 5.95 Å². The standard InChI is InChI=1S/C18H19Br2N5O/c1-2-8-25-18(22-23-24-25)21-11-14-9-15(19)17(16(20)10-14)26-12-13-6-4-3-5-7-13/h3-7,9-10H,2,8,11-12H2,1H3,(H,21,22,24). The molecular weight excluding hydrogens is 462 g/mol. The highest BCUT2D eigenvalue weighted by atomic mass is 79.9. The molecule has 0 bridgehead atoms. The van der Waals surface area contributed by atoms with Crippen molar-refractivity contribution in [2.45, 2.75) is 33.0 Å². The summed E-state index contributed by atoms with van der Waals surface area (Å²) in [5, 5.41) is 15.0. The molecule has 0 atom stereocenters. The van der Waals surface area contributed by atoms with Gasteiger partial charge in [0.2, 0.25) is 5.95 Å². The molecule has 0 unspecified atom stereocenters. The molecule has 0 saturated heterocycles. The highest BCUT2D eigenvalue weighted by Crippen LogP contribution is 2.35. The summed E-state index contributed by atoms with van der Waals surface area (Å²) in [6, 6.07) is 14.2. The van der Waals surface area contributed by atoms with Crippen molar-refractivity contribution in [3.05, 3.63) is 62.5 Å². The largest absolute Gasteiger partial charge is 0.487 e. The number of hydrogen-bond donors (Lipinski definition) is 1. The van der Waals surface area contributed by atoms with Crippen LogP contribution >= 0.6 is 31.9 Å². The Hall–Kier alpha value is -1.93. The van der Waals surface area contributed by atoms with Crippen molar-refractivity contribution in [3.8, 4) is 5.75 Å². The molecule has 3 rings (SSSR count). The summed E-state index contributed by atoms with van der Waals surface area (Å²) in [6.07, 6.45) is 0.976. The summed E-state index contributed by atoms with van der Waals surface area (Å²) >= 11 is 7.20. The second-order valence-corrected chi connectivity index (χ2v) is 7.45. The van der Waals surface area contributed by atoms with Gasteiger partial charge in [0.15, 0.2) is 0 Å². The van der Waals surface area contributed by atoms with Crippen molar-refractivity contribution in [1.29, 1.82) is 0 Å². The lowest BCUT2D eigenvalue weighted by Gasteiger charge is -2.13. The average molecular weight is 481 g/mol. The van der Waals surface area contributed by atoms with Crippen molar-refractivity contribution >= 4 is 37.8 Å². The zero-order valence-corrected chi connectivity index (χ0v) is 17.5. The molecular formula is C18H19Br2N5O. The molecule has 8 heteroatoms. The Morgan fingerprint density at radius 1 is 1.08 bits per heavy atom. The summed E-state index contributed by atoms with van der Waals surface area (Å²) in [5.74, 6) is 1.46. The van der Waals surface area contributed by atoms with Crippen molar-refractivity contribution in [1.82, 2.24) is 20.2 Å². The molecule has 6 nitrogen and oxygen atoms in total. The molecule has 0 aliphatic carbocycles. The number of nitrogens with one attached hydrogen (secondary N) is 1. The van der Waals surface area contributed by atoms with E-state index in [2.05, 4.69) is 59.6 Å². The monoisotopic (exact) mass is 479 g/mol. The normalized spacial score (nSPS) is 10.7. The number of hydrogen-bond acceptors (Lipinski definition) is 5. The molecule has 26 heavy (non-hydrogen) atoms. The molecule has 0 aliphatic heterocycles. The number of tetrazole rings is 1. The number of rotatable bonds is 8. The van der Waals surface area contributed by atoms with Gasteiger partial charge in [0.25, 0.3) is 0 Å². The quantitative estimate of drug-likeness (QED) is 0.501. The van der Waals surface area contributed by atoms with Gasteiger partial charge in [-0.2, -0.15) is 0 Å². The van der Waals surface area contributed by atoms with Gasteiger partial charge < -0.3 is 10.1 Å². The summed E-state index contributed by atoms with van der Waals surface area (Å²) in [5.41, 5.74) is 2.21. The van der Waals surface area contributed by atoms with Crippen molar-refractivity contribution in [2.24, 2.45) is 0 Å². The molecule has 0 amide bonds. The van der Waals surface area contributed by atoms with Gasteiger partial charge in [-0.15, -0.1) is 0 Å². The third kappa shape index (κ3) is 4.82. The zero-order valence-electron chi connectivity index (χ0n) is 14.3. The minimum Gasteiger partial charge on any atom is -0.487 e. The van der Waals surface area contributed by atoms with Crippen LogP contribution in [0, 0.1) is 0 Å². The van der Waals surface area contributed by atoms with Crippen LogP contribution < -0.4 is 10.1 Å². The van der Waals surface area contributed by atoms with Crippen LogP contribution in [0.1, 0.15) is 24.5 Å². The van der Waals surface area contributed by atoms with E-state index in [4.69, 9.17) is 4.74 Å². The maximum atomic E-state index is 5.96. The summed E-state index contributed by atoms with van der Waals surface area (Å²) < 4.78 is 9.52. The Morgan fingerprint density at radius 2 is 1.81 bits per heavy atom. The van der Waals surface area contributed by atoms with Crippen LogP contribution in [0.25, 0.3) is 0 Å². The minimum absolute atomic E-state index is 0.515. The Labute approximate surface area is 169 Å². The second-order valence-electron chi connectivity index (χ2n) is 5.74. The number of anilines is 1. The molecule has 0 aliphatic rings. The molecule has 0 spiro atoms. The van der Waals surface area contributed by atoms with Crippen LogP contribution in [0.3, 0.4) is 0 Å². The van der Waals surface area contributed by atoms with E-state index in [9.17, 15) is 0 Å². The Kier molecular flexibility index (Phi) is 6.62. The maximum Gasteiger partial charge on any atom is 0.243 e. The number of aromatic nitrogens is 4. The van der Waals surface area contributed by atoms with Crippen molar-refractivity contribution < 1.29 is 4.74 Å². The van der Waals surface area contributed by atoms with E-state index < -0.39 is 0 Å². The Balaban J connectivity index is 1.65. The number of halogens is 2. The van der Waals surface area contributed by atoms with Gasteiger partial charge in [-0.3, -0.25) is 0 Å². The summed E-state index contributed by atoms with van der Waals surface area (Å²) in [6.45, 7) is 4.00. The third-order valence-corrected chi connectivity index (χ3v) is 4.88. The number of ether oxygens (including phenoxy) is 1. The van der Waals surface area contributed by atoms with Crippen molar-refractivity contribution in [2.75, 3.05) is 5.32 Å². The first-order valence-corrected chi connectivity index (χ1v) is 9.90. The van der Waals surface area contributed by atoms with E-state index in [1.54, 1.807) is 4.68 Å². The Morgan fingerprint density at radius 3 is 2.50 bits per heavy atom. The van der Waals surface area contributed by atoms with Gasteiger partial charge >= 0.3 is 0 Å². The van der Waals surface area contributed by atoms with E-state index in [1.807, 2.05) is 42.5 Å². The van der Waals surface area contributed by atoms with Gasteiger partial charge in [0, 0.05) is 13.1 Å². The molecule has 2 aromatic carbocycles. The van der Waals surface area contributed by atoms with Gasteiger partial charge in [0.05, 0.1) is 8.95 Å². The molecule has 1 aromatic heterocycles. The first-order valence-electron chi connectivity index (χ1n) is 8.32. The van der Waals surface area contributed by atoms with E-state index in [0.717, 1.165) is 38.8 Å². The molecule has 0 fully saturated rings. The molecule has 1 heterocycles. The van der Waals surface area contributed by atoms with Gasteiger partial charge in [0.1, 0.15) is 12.4 Å². The number of aryl methyl sites for hydroxylation is 1. The first-order chi connectivity index (χ1) is 12.7. The fourth-order valence-electron chi connectivity index (χ4n) is 2.46. The van der Waals surface area contributed by atoms with Crippen LogP contribution in [0.15, 0.2) is 51.4 Å². The van der Waals surface area contributed by atoms with Gasteiger partial charge in [-0.05, 0) is 72.0 Å². The van der Waals surface area contributed by atoms with E-state index in [1.165, 1.54) is 0 Å². The predicted molar refractivity (Wildman–Crippen MR) is 108 cm³/mol. The lowest BCUT2D eigenvalue weighted by Crippen LogP contribution is -2.09. The van der Waals surface area contributed by atoms with Crippen LogP contribution in [-0.4, -0.2) is 20.2 Å². The zero-order chi connectivity index (χ0) is 18.4. The lowest BCUT2D eigenvalue weighted by molar-refractivity contribution is 0.302. The highest BCUT2D eigenvalue weighted by molar-refractivity contribution is 9.11. The molecule has 0 radical (unpaired) electrons. The fourth-order valence-corrected chi connectivity index (χ4v) is 3.97. The van der Waals surface area contributed by atoms with E-state index in [0.29, 0.717) is 19.1 Å².